The number of guanidine groups is 1. The zero-order valence-electron chi connectivity index (χ0n) is 13.2. The Morgan fingerprint density at radius 2 is 1.95 bits per heavy atom. The maximum absolute atomic E-state index is 5.27. The molecule has 0 aromatic carbocycles. The summed E-state index contributed by atoms with van der Waals surface area (Å²) in [5.41, 5.74) is 0.292. The molecule has 2 rings (SSSR count). The van der Waals surface area contributed by atoms with Crippen LogP contribution in [0, 0.1) is 11.3 Å². The number of hydrogen-bond acceptors (Lipinski definition) is 2. The number of nitrogens with one attached hydrogen (secondary N) is 2. The van der Waals surface area contributed by atoms with Gasteiger partial charge in [0.2, 0.25) is 0 Å². The SMILES string of the molecule is CN=C(NCCCCC1CCCC1)NCC1(C)COC1. The van der Waals surface area contributed by atoms with Crippen molar-refractivity contribution >= 4 is 5.96 Å². The van der Waals surface area contributed by atoms with E-state index in [4.69, 9.17) is 4.74 Å². The van der Waals surface area contributed by atoms with E-state index in [1.165, 1.54) is 44.9 Å². The predicted molar refractivity (Wildman–Crippen MR) is 84.1 cm³/mol. The van der Waals surface area contributed by atoms with E-state index >= 15 is 0 Å². The third-order valence-electron chi connectivity index (χ3n) is 4.61. The van der Waals surface area contributed by atoms with Crippen molar-refractivity contribution < 1.29 is 4.74 Å². The molecule has 2 aliphatic rings. The van der Waals surface area contributed by atoms with Gasteiger partial charge in [-0.15, -0.1) is 0 Å². The summed E-state index contributed by atoms with van der Waals surface area (Å²) in [5.74, 6) is 1.95. The summed E-state index contributed by atoms with van der Waals surface area (Å²) in [6.07, 6.45) is 9.87. The van der Waals surface area contributed by atoms with Crippen LogP contribution in [0.5, 0.6) is 0 Å². The highest BCUT2D eigenvalue weighted by Gasteiger charge is 2.33. The van der Waals surface area contributed by atoms with Crippen LogP contribution in [0.3, 0.4) is 0 Å². The molecule has 0 bridgehead atoms. The third-order valence-corrected chi connectivity index (χ3v) is 4.61. The molecule has 20 heavy (non-hydrogen) atoms. The predicted octanol–water partition coefficient (Wildman–Crippen LogP) is 2.55. The molecule has 0 unspecified atom stereocenters. The number of aliphatic imine (C=N–C) groups is 1. The Kier molecular flexibility index (Phi) is 6.14. The minimum absolute atomic E-state index is 0.292. The summed E-state index contributed by atoms with van der Waals surface area (Å²) >= 11 is 0. The standard InChI is InChI=1S/C16H31N3O/c1-16(12-20-13-16)11-19-15(17-2)18-10-6-5-9-14-7-3-4-8-14/h14H,3-13H2,1-2H3,(H2,17,18,19). The highest BCUT2D eigenvalue weighted by molar-refractivity contribution is 5.79. The normalized spacial score (nSPS) is 22.6. The summed E-state index contributed by atoms with van der Waals surface area (Å²) in [6.45, 7) is 5.93. The monoisotopic (exact) mass is 281 g/mol. The van der Waals surface area contributed by atoms with E-state index in [9.17, 15) is 0 Å². The Morgan fingerprint density at radius 3 is 2.55 bits per heavy atom. The lowest BCUT2D eigenvalue weighted by Gasteiger charge is -2.38. The molecular formula is C16H31N3O. The summed E-state index contributed by atoms with van der Waals surface area (Å²) in [5, 5.41) is 6.82. The molecule has 2 N–H and O–H groups in total. The molecule has 1 aliphatic heterocycles. The molecule has 1 heterocycles. The number of nitrogens with zero attached hydrogens (tertiary/aromatic N) is 1. The minimum Gasteiger partial charge on any atom is -0.380 e. The number of ether oxygens (including phenoxy) is 1. The molecule has 116 valence electrons. The molecule has 4 nitrogen and oxygen atoms in total. The lowest BCUT2D eigenvalue weighted by Crippen LogP contribution is -2.51. The highest BCUT2D eigenvalue weighted by Crippen LogP contribution is 2.28. The Hall–Kier alpha value is -0.770. The van der Waals surface area contributed by atoms with Gasteiger partial charge in [-0.05, 0) is 12.3 Å². The first kappa shape index (κ1) is 15.6. The van der Waals surface area contributed by atoms with Crippen molar-refractivity contribution in [1.29, 1.82) is 0 Å². The van der Waals surface area contributed by atoms with Gasteiger partial charge in [0.25, 0.3) is 0 Å². The van der Waals surface area contributed by atoms with E-state index < -0.39 is 0 Å². The second kappa shape index (κ2) is 7.87. The zero-order chi connectivity index (χ0) is 14.3. The maximum atomic E-state index is 5.27. The lowest BCUT2D eigenvalue weighted by molar-refractivity contribution is -0.0971. The summed E-state index contributed by atoms with van der Waals surface area (Å²) < 4.78 is 5.27. The number of rotatable bonds is 7. The quantitative estimate of drug-likeness (QED) is 0.428. The van der Waals surface area contributed by atoms with E-state index in [0.717, 1.165) is 38.2 Å². The first-order valence-corrected chi connectivity index (χ1v) is 8.24. The molecule has 0 aromatic heterocycles. The van der Waals surface area contributed by atoms with Gasteiger partial charge in [0.05, 0.1) is 13.2 Å². The van der Waals surface area contributed by atoms with Gasteiger partial charge >= 0.3 is 0 Å². The van der Waals surface area contributed by atoms with Gasteiger partial charge in [0, 0.05) is 25.6 Å². The van der Waals surface area contributed by atoms with Crippen LogP contribution >= 0.6 is 0 Å². The van der Waals surface area contributed by atoms with E-state index in [2.05, 4.69) is 22.5 Å². The van der Waals surface area contributed by atoms with Gasteiger partial charge in [0.15, 0.2) is 5.96 Å². The van der Waals surface area contributed by atoms with Crippen LogP contribution < -0.4 is 10.6 Å². The van der Waals surface area contributed by atoms with Gasteiger partial charge in [-0.3, -0.25) is 4.99 Å². The molecule has 1 saturated carbocycles. The van der Waals surface area contributed by atoms with Crippen LogP contribution in [0.4, 0.5) is 0 Å². The molecule has 4 heteroatoms. The van der Waals surface area contributed by atoms with Crippen LogP contribution in [0.2, 0.25) is 0 Å². The fraction of sp³-hybridized carbons (Fsp3) is 0.938. The van der Waals surface area contributed by atoms with Crippen LogP contribution in [0.25, 0.3) is 0 Å². The fourth-order valence-corrected chi connectivity index (χ4v) is 3.13. The van der Waals surface area contributed by atoms with Gasteiger partial charge in [-0.2, -0.15) is 0 Å². The molecular weight excluding hydrogens is 250 g/mol. The van der Waals surface area contributed by atoms with Crippen molar-refractivity contribution in [2.45, 2.75) is 51.9 Å². The Bertz CT molecular complexity index is 307. The lowest BCUT2D eigenvalue weighted by atomic mass is 9.89. The van der Waals surface area contributed by atoms with Gasteiger partial charge < -0.3 is 15.4 Å². The molecule has 0 radical (unpaired) electrons. The second-order valence-corrected chi connectivity index (χ2v) is 6.80. The van der Waals surface area contributed by atoms with Crippen molar-refractivity contribution in [3.63, 3.8) is 0 Å². The molecule has 0 aromatic rings. The van der Waals surface area contributed by atoms with Gasteiger partial charge in [0.1, 0.15) is 0 Å². The van der Waals surface area contributed by atoms with E-state index in [1.54, 1.807) is 0 Å². The molecule has 1 aliphatic carbocycles. The van der Waals surface area contributed by atoms with E-state index in [0.29, 0.717) is 5.41 Å². The first-order valence-electron chi connectivity index (χ1n) is 8.24. The Labute approximate surface area is 123 Å². The van der Waals surface area contributed by atoms with Crippen molar-refractivity contribution in [3.05, 3.63) is 0 Å². The van der Waals surface area contributed by atoms with Crippen LogP contribution in [0.15, 0.2) is 4.99 Å². The van der Waals surface area contributed by atoms with Gasteiger partial charge in [-0.25, -0.2) is 0 Å². The van der Waals surface area contributed by atoms with Crippen LogP contribution in [-0.4, -0.2) is 39.3 Å². The molecule has 0 atom stereocenters. The van der Waals surface area contributed by atoms with Crippen LogP contribution in [-0.2, 0) is 4.74 Å². The highest BCUT2D eigenvalue weighted by atomic mass is 16.5. The Balaban J connectivity index is 1.50. The molecule has 0 spiro atoms. The maximum Gasteiger partial charge on any atom is 0.190 e. The largest absolute Gasteiger partial charge is 0.380 e. The Morgan fingerprint density at radius 1 is 1.20 bits per heavy atom. The minimum atomic E-state index is 0.292. The van der Waals surface area contributed by atoms with E-state index in [1.807, 2.05) is 7.05 Å². The molecule has 2 fully saturated rings. The third kappa shape index (κ3) is 4.97. The smallest absolute Gasteiger partial charge is 0.190 e. The average Bonchev–Trinajstić information content (AvgIpc) is 2.93. The van der Waals surface area contributed by atoms with Crippen LogP contribution in [0.1, 0.15) is 51.9 Å². The van der Waals surface area contributed by atoms with Crippen molar-refractivity contribution in [2.75, 3.05) is 33.4 Å². The number of unbranched alkanes of at least 4 members (excludes halogenated alkanes) is 1. The summed E-state index contributed by atoms with van der Waals surface area (Å²) in [4.78, 5) is 4.28. The summed E-state index contributed by atoms with van der Waals surface area (Å²) in [7, 11) is 1.84. The fourth-order valence-electron chi connectivity index (χ4n) is 3.13. The van der Waals surface area contributed by atoms with Gasteiger partial charge in [-0.1, -0.05) is 45.4 Å². The second-order valence-electron chi connectivity index (χ2n) is 6.80. The first-order chi connectivity index (χ1) is 9.72. The van der Waals surface area contributed by atoms with Crippen molar-refractivity contribution in [2.24, 2.45) is 16.3 Å². The van der Waals surface area contributed by atoms with Crippen molar-refractivity contribution in [3.8, 4) is 0 Å². The number of hydrogen-bond donors (Lipinski definition) is 2. The topological polar surface area (TPSA) is 45.7 Å². The summed E-state index contributed by atoms with van der Waals surface area (Å²) in [6, 6.07) is 0. The molecule has 1 saturated heterocycles. The van der Waals surface area contributed by atoms with Crippen molar-refractivity contribution in [1.82, 2.24) is 10.6 Å². The van der Waals surface area contributed by atoms with E-state index in [-0.39, 0.29) is 0 Å². The average molecular weight is 281 g/mol. The zero-order valence-corrected chi connectivity index (χ0v) is 13.2. The molecule has 0 amide bonds.